The topological polar surface area (TPSA) is 150 Å². The number of carbonyl (C=O) groups excluding carboxylic acids is 4. The van der Waals surface area contributed by atoms with Crippen molar-refractivity contribution in [2.24, 2.45) is 23.2 Å². The SMILES string of the molecule is Cc1ncsc1-c1ccc(CNC(=O)[C@@H]2C[C@@H](O)CN2C(=O)[C@@H](NC(=O)CNC(=O)OCC2[C@H]3CCC#CCC[C@@H]23)C(C)(C)C)cc1. The zero-order valence-corrected chi connectivity index (χ0v) is 28.3. The highest BCUT2D eigenvalue weighted by Crippen LogP contribution is 2.52. The Labute approximate surface area is 280 Å². The summed E-state index contributed by atoms with van der Waals surface area (Å²) >= 11 is 1.57. The zero-order valence-electron chi connectivity index (χ0n) is 27.5. The molecule has 1 aromatic heterocycles. The predicted molar refractivity (Wildman–Crippen MR) is 178 cm³/mol. The van der Waals surface area contributed by atoms with Gasteiger partial charge in [0.2, 0.25) is 17.7 Å². The number of fused-ring (bicyclic) bond motifs is 1. The second-order valence-corrected chi connectivity index (χ2v) is 14.7. The summed E-state index contributed by atoms with van der Waals surface area (Å²) in [6.45, 7) is 7.56. The van der Waals surface area contributed by atoms with Crippen LogP contribution < -0.4 is 16.0 Å². The molecule has 5 rings (SSSR count). The van der Waals surface area contributed by atoms with Gasteiger partial charge in [0.15, 0.2) is 0 Å². The van der Waals surface area contributed by atoms with Crippen LogP contribution in [-0.4, -0.2) is 76.7 Å². The number of ether oxygens (including phenoxy) is 1. The standard InChI is InChI=1S/C35H45N5O6S/c1-21-30(47-20-38-21)23-13-11-22(12-14-23)16-36-32(43)28-15-24(41)18-40(28)33(44)31(35(2,3)4)39-29(42)17-37-34(45)46-19-27-25-9-7-5-6-8-10-26(25)27/h11-14,20,24-28,31,41H,7-10,15-19H2,1-4H3,(H,36,43)(H,37,45)(H,39,42)/t24-,25-,26+,27?,28+,31-/m1/s1. The van der Waals surface area contributed by atoms with Crippen LogP contribution >= 0.6 is 11.3 Å². The minimum atomic E-state index is -0.999. The number of thiazole rings is 1. The molecular weight excluding hydrogens is 618 g/mol. The summed E-state index contributed by atoms with van der Waals surface area (Å²) < 4.78 is 5.41. The van der Waals surface area contributed by atoms with Crippen molar-refractivity contribution in [1.82, 2.24) is 25.8 Å². The Bertz CT molecular complexity index is 1510. The highest BCUT2D eigenvalue weighted by Gasteiger charge is 2.49. The first kappa shape index (κ1) is 34.4. The van der Waals surface area contributed by atoms with E-state index in [9.17, 15) is 24.3 Å². The van der Waals surface area contributed by atoms with E-state index >= 15 is 0 Å². The summed E-state index contributed by atoms with van der Waals surface area (Å²) in [5, 5.41) is 18.6. The van der Waals surface area contributed by atoms with Crippen LogP contribution in [-0.2, 0) is 25.7 Å². The van der Waals surface area contributed by atoms with Crippen LogP contribution in [0.5, 0.6) is 0 Å². The number of aliphatic hydroxyl groups is 1. The number of amides is 4. The summed E-state index contributed by atoms with van der Waals surface area (Å²) in [5.41, 5.74) is 4.00. The number of nitrogens with one attached hydrogen (secondary N) is 3. The van der Waals surface area contributed by atoms with Crippen molar-refractivity contribution in [3.8, 4) is 22.3 Å². The number of likely N-dealkylation sites (tertiary alicyclic amines) is 1. The van der Waals surface area contributed by atoms with Gasteiger partial charge in [-0.15, -0.1) is 23.2 Å². The van der Waals surface area contributed by atoms with Gasteiger partial charge in [0, 0.05) is 32.4 Å². The van der Waals surface area contributed by atoms with Gasteiger partial charge in [-0.2, -0.15) is 0 Å². The van der Waals surface area contributed by atoms with Crippen LogP contribution in [0.1, 0.15) is 64.1 Å². The van der Waals surface area contributed by atoms with Crippen LogP contribution in [0.3, 0.4) is 0 Å². The van der Waals surface area contributed by atoms with Gasteiger partial charge in [0.1, 0.15) is 18.6 Å². The van der Waals surface area contributed by atoms with Crippen molar-refractivity contribution in [2.45, 2.75) is 84.5 Å². The highest BCUT2D eigenvalue weighted by molar-refractivity contribution is 7.13. The fourth-order valence-corrected chi connectivity index (χ4v) is 7.46. The smallest absolute Gasteiger partial charge is 0.407 e. The number of aliphatic hydroxyl groups excluding tert-OH is 1. The molecule has 4 N–H and O–H groups in total. The van der Waals surface area contributed by atoms with Crippen LogP contribution in [0.15, 0.2) is 29.8 Å². The first-order valence-corrected chi connectivity index (χ1v) is 17.2. The van der Waals surface area contributed by atoms with Gasteiger partial charge >= 0.3 is 6.09 Å². The number of benzene rings is 1. The molecular formula is C35H45N5O6S. The minimum absolute atomic E-state index is 0.0257. The molecule has 2 aromatic rings. The molecule has 6 atom stereocenters. The summed E-state index contributed by atoms with van der Waals surface area (Å²) in [5.74, 6) is 6.34. The normalized spacial score (nSPS) is 24.0. The Hall–Kier alpha value is -3.95. The summed E-state index contributed by atoms with van der Waals surface area (Å²) in [4.78, 5) is 59.1. The number of β-amino-alcohol motifs (C(OH)–C–C–N with tert-alkyl or cyclic N) is 1. The summed E-state index contributed by atoms with van der Waals surface area (Å²) in [6.07, 6.45) is 2.34. The van der Waals surface area contributed by atoms with E-state index in [-0.39, 0.29) is 32.0 Å². The van der Waals surface area contributed by atoms with Gasteiger partial charge in [-0.3, -0.25) is 14.4 Å². The van der Waals surface area contributed by atoms with Crippen molar-refractivity contribution in [2.75, 3.05) is 19.7 Å². The molecule has 0 radical (unpaired) electrons. The first-order chi connectivity index (χ1) is 22.4. The van der Waals surface area contributed by atoms with Crippen molar-refractivity contribution in [3.63, 3.8) is 0 Å². The number of nitrogens with zero attached hydrogens (tertiary/aromatic N) is 2. The molecule has 1 saturated heterocycles. The Morgan fingerprint density at radius 1 is 1.09 bits per heavy atom. The number of rotatable bonds is 10. The van der Waals surface area contributed by atoms with E-state index in [0.29, 0.717) is 24.4 Å². The minimum Gasteiger partial charge on any atom is -0.449 e. The van der Waals surface area contributed by atoms with Crippen molar-refractivity contribution < 1.29 is 29.0 Å². The van der Waals surface area contributed by atoms with Gasteiger partial charge in [0.05, 0.1) is 28.8 Å². The number of hydrogen-bond acceptors (Lipinski definition) is 8. The third kappa shape index (κ3) is 8.70. The molecule has 252 valence electrons. The number of alkyl carbamates (subject to hydrolysis) is 1. The van der Waals surface area contributed by atoms with E-state index in [2.05, 4.69) is 32.8 Å². The monoisotopic (exact) mass is 663 g/mol. The maximum Gasteiger partial charge on any atom is 0.407 e. The van der Waals surface area contributed by atoms with Crippen LogP contribution in [0.2, 0.25) is 0 Å². The zero-order chi connectivity index (χ0) is 33.7. The van der Waals surface area contributed by atoms with E-state index in [1.54, 1.807) is 32.1 Å². The molecule has 2 aliphatic carbocycles. The second-order valence-electron chi connectivity index (χ2n) is 13.8. The molecule has 1 aliphatic heterocycles. The molecule has 1 aromatic carbocycles. The third-order valence-corrected chi connectivity index (χ3v) is 10.3. The Kier molecular flexibility index (Phi) is 10.9. The molecule has 2 heterocycles. The third-order valence-electron chi connectivity index (χ3n) is 9.35. The van der Waals surface area contributed by atoms with Crippen LogP contribution in [0, 0.1) is 41.9 Å². The van der Waals surface area contributed by atoms with E-state index in [1.165, 1.54) is 4.90 Å². The molecule has 12 heteroatoms. The van der Waals surface area contributed by atoms with E-state index < -0.39 is 41.5 Å². The van der Waals surface area contributed by atoms with Gasteiger partial charge in [-0.05, 0) is 54.1 Å². The molecule has 1 saturated carbocycles. The number of carbonyl (C=O) groups is 4. The molecule has 3 aliphatic rings. The lowest BCUT2D eigenvalue weighted by Crippen LogP contribution is -2.58. The summed E-state index contributed by atoms with van der Waals surface area (Å²) in [6, 6.07) is 5.95. The predicted octanol–water partition coefficient (Wildman–Crippen LogP) is 3.39. The first-order valence-electron chi connectivity index (χ1n) is 16.3. The Morgan fingerprint density at radius 2 is 1.77 bits per heavy atom. The Balaban J connectivity index is 1.11. The molecule has 47 heavy (non-hydrogen) atoms. The van der Waals surface area contributed by atoms with Gasteiger partial charge < -0.3 is 30.7 Å². The number of hydrogen-bond donors (Lipinski definition) is 4. The van der Waals surface area contributed by atoms with Gasteiger partial charge in [-0.1, -0.05) is 45.0 Å². The lowest BCUT2D eigenvalue weighted by molar-refractivity contribution is -0.143. The fourth-order valence-electron chi connectivity index (χ4n) is 6.65. The lowest BCUT2D eigenvalue weighted by Gasteiger charge is -2.35. The van der Waals surface area contributed by atoms with Crippen molar-refractivity contribution in [1.29, 1.82) is 0 Å². The largest absolute Gasteiger partial charge is 0.449 e. The van der Waals surface area contributed by atoms with Crippen LogP contribution in [0.4, 0.5) is 4.79 Å². The second kappa shape index (κ2) is 14.9. The lowest BCUT2D eigenvalue weighted by atomic mass is 9.85. The quantitative estimate of drug-likeness (QED) is 0.285. The Morgan fingerprint density at radius 3 is 2.38 bits per heavy atom. The van der Waals surface area contributed by atoms with Crippen molar-refractivity contribution in [3.05, 3.63) is 41.0 Å². The van der Waals surface area contributed by atoms with E-state index in [0.717, 1.165) is 47.4 Å². The molecule has 4 amide bonds. The van der Waals surface area contributed by atoms with E-state index in [1.807, 2.05) is 36.7 Å². The average molecular weight is 664 g/mol. The maximum absolute atomic E-state index is 13.8. The van der Waals surface area contributed by atoms with Crippen LogP contribution in [0.25, 0.3) is 10.4 Å². The summed E-state index contributed by atoms with van der Waals surface area (Å²) in [7, 11) is 0. The number of aryl methyl sites for hydroxylation is 1. The van der Waals surface area contributed by atoms with Gasteiger partial charge in [0.25, 0.3) is 0 Å². The van der Waals surface area contributed by atoms with Gasteiger partial charge in [-0.25, -0.2) is 9.78 Å². The maximum atomic E-state index is 13.8. The molecule has 0 bridgehead atoms. The molecule has 1 unspecified atom stereocenters. The van der Waals surface area contributed by atoms with E-state index in [4.69, 9.17) is 4.74 Å². The molecule has 11 nitrogen and oxygen atoms in total. The highest BCUT2D eigenvalue weighted by atomic mass is 32.1. The number of aromatic nitrogens is 1. The average Bonchev–Trinajstić information content (AvgIpc) is 3.28. The van der Waals surface area contributed by atoms with Crippen molar-refractivity contribution >= 4 is 35.2 Å². The fraction of sp³-hybridized carbons (Fsp3) is 0.571. The molecule has 2 fully saturated rings. The molecule has 0 spiro atoms.